The van der Waals surface area contributed by atoms with Crippen molar-refractivity contribution in [2.75, 3.05) is 26.2 Å². The zero-order chi connectivity index (χ0) is 25.5. The summed E-state index contributed by atoms with van der Waals surface area (Å²) >= 11 is 0. The van der Waals surface area contributed by atoms with Gasteiger partial charge in [0.15, 0.2) is 0 Å². The van der Waals surface area contributed by atoms with Gasteiger partial charge < -0.3 is 24.6 Å². The minimum absolute atomic E-state index is 0.0174. The summed E-state index contributed by atoms with van der Waals surface area (Å²) in [6.45, 7) is 5.03. The van der Waals surface area contributed by atoms with Gasteiger partial charge in [0.05, 0.1) is 39.0 Å². The Morgan fingerprint density at radius 2 is 0.853 bits per heavy atom. The smallest absolute Gasteiger partial charge is 0.303 e. The van der Waals surface area contributed by atoms with E-state index in [2.05, 4.69) is 6.92 Å². The van der Waals surface area contributed by atoms with Crippen molar-refractivity contribution in [3.8, 4) is 0 Å². The van der Waals surface area contributed by atoms with Crippen molar-refractivity contribution >= 4 is 17.9 Å². The molecule has 7 heteroatoms. The summed E-state index contributed by atoms with van der Waals surface area (Å²) in [5.74, 6) is -2.74. The average molecular weight is 486 g/mol. The fourth-order valence-electron chi connectivity index (χ4n) is 4.83. The molecule has 0 spiro atoms. The van der Waals surface area contributed by atoms with Crippen LogP contribution in [-0.2, 0) is 14.4 Å². The first-order chi connectivity index (χ1) is 16.3. The van der Waals surface area contributed by atoms with Gasteiger partial charge in [0.2, 0.25) is 0 Å². The van der Waals surface area contributed by atoms with Gasteiger partial charge in [0.25, 0.3) is 0 Å². The van der Waals surface area contributed by atoms with Gasteiger partial charge in [-0.3, -0.25) is 9.59 Å². The molecule has 0 aromatic rings. The maximum atomic E-state index is 11.0. The number of unbranched alkanes of at least 4 members (excludes halogenated alkanes) is 12. The van der Waals surface area contributed by atoms with Gasteiger partial charge in [-0.05, 0) is 19.3 Å². The predicted molar refractivity (Wildman–Crippen MR) is 133 cm³/mol. The molecular formula is C27H51NO6. The van der Waals surface area contributed by atoms with E-state index in [9.17, 15) is 19.5 Å². The Hall–Kier alpha value is -1.63. The van der Waals surface area contributed by atoms with Gasteiger partial charge in [0.1, 0.15) is 0 Å². The molecule has 0 rings (SSSR count). The lowest BCUT2D eigenvalue weighted by molar-refractivity contribution is -0.929. The Labute approximate surface area is 207 Å². The maximum absolute atomic E-state index is 11.0. The summed E-state index contributed by atoms with van der Waals surface area (Å²) in [6, 6.07) is 0. The van der Waals surface area contributed by atoms with Crippen LogP contribution in [0.5, 0.6) is 0 Å². The topological polar surface area (TPSA) is 115 Å². The summed E-state index contributed by atoms with van der Waals surface area (Å²) in [5, 5.41) is 29.0. The second-order valence-electron chi connectivity index (χ2n) is 9.95. The van der Waals surface area contributed by atoms with Gasteiger partial charge in [0, 0.05) is 25.2 Å². The van der Waals surface area contributed by atoms with E-state index in [1.807, 2.05) is 0 Å². The van der Waals surface area contributed by atoms with E-state index in [0.29, 0.717) is 43.4 Å². The molecule has 0 aromatic heterocycles. The summed E-state index contributed by atoms with van der Waals surface area (Å²) in [4.78, 5) is 32.9. The van der Waals surface area contributed by atoms with Crippen molar-refractivity contribution in [1.29, 1.82) is 0 Å². The van der Waals surface area contributed by atoms with Gasteiger partial charge in [-0.1, -0.05) is 77.6 Å². The Balaban J connectivity index is 4.40. The second-order valence-corrected chi connectivity index (χ2v) is 9.95. The largest absolute Gasteiger partial charge is 0.550 e. The summed E-state index contributed by atoms with van der Waals surface area (Å²) in [6.07, 6.45) is 18.2. The third-order valence-corrected chi connectivity index (χ3v) is 6.80. The Kier molecular flexibility index (Phi) is 20.8. The first-order valence-electron chi connectivity index (χ1n) is 13.8. The van der Waals surface area contributed by atoms with Crippen LogP contribution in [-0.4, -0.2) is 58.8 Å². The van der Waals surface area contributed by atoms with Crippen LogP contribution in [0.4, 0.5) is 0 Å². The molecule has 0 aromatic carbocycles. The monoisotopic (exact) mass is 485 g/mol. The van der Waals surface area contributed by atoms with E-state index < -0.39 is 17.9 Å². The standard InChI is InChI=1S/C27H51NO6/c1-2-3-4-5-6-7-8-9-10-11-12-13-14-21-28(22-15-18-25(29)30,23-16-19-26(31)32)24-17-20-27(33)34/h2-24H2,1H3,(H2-,29,30,31,32,33,34). The fraction of sp³-hybridized carbons (Fsp3) is 0.889. The number of hydrogen-bond donors (Lipinski definition) is 2. The van der Waals surface area contributed by atoms with E-state index in [0.717, 1.165) is 19.4 Å². The van der Waals surface area contributed by atoms with Crippen LogP contribution in [0.25, 0.3) is 0 Å². The van der Waals surface area contributed by atoms with Crippen LogP contribution in [0, 0.1) is 0 Å². The molecule has 0 heterocycles. The highest BCUT2D eigenvalue weighted by Gasteiger charge is 2.26. The Morgan fingerprint density at radius 3 is 1.21 bits per heavy atom. The predicted octanol–water partition coefficient (Wildman–Crippen LogP) is 5.15. The molecule has 0 atom stereocenters. The zero-order valence-electron chi connectivity index (χ0n) is 21.7. The first kappa shape index (κ1) is 32.4. The van der Waals surface area contributed by atoms with Crippen molar-refractivity contribution < 1.29 is 34.2 Å². The maximum Gasteiger partial charge on any atom is 0.303 e. The van der Waals surface area contributed by atoms with Crippen molar-refractivity contribution in [2.24, 2.45) is 0 Å². The number of hydrogen-bond acceptors (Lipinski definition) is 4. The molecule has 0 bridgehead atoms. The van der Waals surface area contributed by atoms with Crippen molar-refractivity contribution in [3.05, 3.63) is 0 Å². The number of aliphatic carboxylic acids is 3. The first-order valence-corrected chi connectivity index (χ1v) is 13.8. The van der Waals surface area contributed by atoms with Crippen LogP contribution >= 0.6 is 0 Å². The van der Waals surface area contributed by atoms with Gasteiger partial charge in [-0.15, -0.1) is 0 Å². The quantitative estimate of drug-likeness (QED) is 0.129. The SMILES string of the molecule is CCCCCCCCCCCCCCC[N+](CCCC(=O)[O-])(CCCC(=O)O)CCCC(=O)O. The second kappa shape index (κ2) is 21.9. The highest BCUT2D eigenvalue weighted by atomic mass is 16.4. The van der Waals surface area contributed by atoms with E-state index in [1.54, 1.807) is 0 Å². The molecule has 0 saturated carbocycles. The highest BCUT2D eigenvalue weighted by Crippen LogP contribution is 2.18. The van der Waals surface area contributed by atoms with Crippen molar-refractivity contribution in [2.45, 2.75) is 129 Å². The molecular weight excluding hydrogens is 434 g/mol. The minimum atomic E-state index is -1.07. The van der Waals surface area contributed by atoms with Crippen LogP contribution < -0.4 is 5.11 Å². The summed E-state index contributed by atoms with van der Waals surface area (Å²) < 4.78 is 0.617. The fourth-order valence-corrected chi connectivity index (χ4v) is 4.83. The summed E-state index contributed by atoms with van der Waals surface area (Å²) in [7, 11) is 0. The molecule has 200 valence electrons. The number of nitrogens with zero attached hydrogens (tertiary/aromatic N) is 1. The molecule has 34 heavy (non-hydrogen) atoms. The molecule has 2 N–H and O–H groups in total. The lowest BCUT2D eigenvalue weighted by Gasteiger charge is -2.39. The molecule has 0 amide bonds. The van der Waals surface area contributed by atoms with E-state index in [-0.39, 0.29) is 19.3 Å². The molecule has 0 aliphatic rings. The van der Waals surface area contributed by atoms with E-state index in [1.165, 1.54) is 70.6 Å². The Bertz CT molecular complexity index is 487. The molecule has 0 radical (unpaired) electrons. The lowest BCUT2D eigenvalue weighted by Crippen LogP contribution is -2.51. The van der Waals surface area contributed by atoms with Crippen molar-refractivity contribution in [1.82, 2.24) is 0 Å². The summed E-state index contributed by atoms with van der Waals surface area (Å²) in [5.41, 5.74) is 0. The Morgan fingerprint density at radius 1 is 0.529 bits per heavy atom. The van der Waals surface area contributed by atoms with Crippen LogP contribution in [0.1, 0.15) is 129 Å². The average Bonchev–Trinajstić information content (AvgIpc) is 2.76. The van der Waals surface area contributed by atoms with Crippen LogP contribution in [0.2, 0.25) is 0 Å². The number of quaternary nitrogens is 1. The highest BCUT2D eigenvalue weighted by molar-refractivity contribution is 5.66. The molecule has 0 unspecified atom stereocenters. The number of carboxylic acids is 3. The van der Waals surface area contributed by atoms with E-state index >= 15 is 0 Å². The number of carbonyl (C=O) groups is 3. The number of carboxylic acid groups (broad SMARTS) is 3. The number of rotatable bonds is 26. The van der Waals surface area contributed by atoms with Gasteiger partial charge >= 0.3 is 11.9 Å². The molecule has 0 saturated heterocycles. The lowest BCUT2D eigenvalue weighted by atomic mass is 10.0. The number of carbonyl (C=O) groups excluding carboxylic acids is 1. The zero-order valence-corrected chi connectivity index (χ0v) is 21.7. The molecule has 7 nitrogen and oxygen atoms in total. The van der Waals surface area contributed by atoms with Gasteiger partial charge in [-0.2, -0.15) is 0 Å². The third-order valence-electron chi connectivity index (χ3n) is 6.80. The molecule has 0 aliphatic carbocycles. The van der Waals surface area contributed by atoms with Crippen molar-refractivity contribution in [3.63, 3.8) is 0 Å². The molecule has 0 fully saturated rings. The molecule has 0 aliphatic heterocycles. The van der Waals surface area contributed by atoms with E-state index in [4.69, 9.17) is 10.2 Å². The van der Waals surface area contributed by atoms with Gasteiger partial charge in [-0.25, -0.2) is 0 Å². The van der Waals surface area contributed by atoms with Crippen LogP contribution in [0.15, 0.2) is 0 Å². The minimum Gasteiger partial charge on any atom is -0.550 e. The normalized spacial score (nSPS) is 11.6. The van der Waals surface area contributed by atoms with Crippen LogP contribution in [0.3, 0.4) is 0 Å². The third kappa shape index (κ3) is 20.9.